The lowest BCUT2D eigenvalue weighted by Gasteiger charge is -2.09. The van der Waals surface area contributed by atoms with Gasteiger partial charge in [0.05, 0.1) is 30.8 Å². The topological polar surface area (TPSA) is 125 Å². The Morgan fingerprint density at radius 1 is 0.975 bits per heavy atom. The van der Waals surface area contributed by atoms with Crippen molar-refractivity contribution in [3.8, 4) is 39.9 Å². The summed E-state index contributed by atoms with van der Waals surface area (Å²) in [4.78, 5) is 28.4. The fourth-order valence-corrected chi connectivity index (χ4v) is 4.85. The molecule has 0 aliphatic heterocycles. The maximum Gasteiger partial charge on any atom is 0.251 e. The van der Waals surface area contributed by atoms with E-state index in [0.29, 0.717) is 46.8 Å². The molecule has 0 radical (unpaired) electrons. The minimum Gasteiger partial charge on any atom is -0.507 e. The minimum atomic E-state index is -0.177. The van der Waals surface area contributed by atoms with Gasteiger partial charge >= 0.3 is 0 Å². The highest BCUT2D eigenvalue weighted by Gasteiger charge is 2.15. The number of rotatable bonds is 8. The molecular formula is C31H27N5O4. The molecule has 6 rings (SSSR count). The van der Waals surface area contributed by atoms with E-state index in [-0.39, 0.29) is 11.7 Å². The number of carbonyl (C=O) groups is 1. The smallest absolute Gasteiger partial charge is 0.251 e. The number of ether oxygens (including phenoxy) is 2. The summed E-state index contributed by atoms with van der Waals surface area (Å²) in [6.45, 7) is 0.480. The Kier molecular flexibility index (Phi) is 6.53. The van der Waals surface area contributed by atoms with Gasteiger partial charge in [-0.1, -0.05) is 6.07 Å². The Bertz CT molecular complexity index is 1860. The van der Waals surface area contributed by atoms with Crippen LogP contribution in [0.1, 0.15) is 15.9 Å². The van der Waals surface area contributed by atoms with Crippen LogP contribution in [0.2, 0.25) is 0 Å². The van der Waals surface area contributed by atoms with Gasteiger partial charge in [0.2, 0.25) is 5.88 Å². The number of H-pyrrole nitrogens is 2. The fourth-order valence-electron chi connectivity index (χ4n) is 4.85. The molecule has 6 aromatic rings. The summed E-state index contributed by atoms with van der Waals surface area (Å²) in [6.07, 6.45) is 4.30. The highest BCUT2D eigenvalue weighted by atomic mass is 16.5. The number of carbonyl (C=O) groups excluding carboxylic acids is 1. The van der Waals surface area contributed by atoms with Crippen molar-refractivity contribution in [1.29, 1.82) is 0 Å². The number of nitrogens with zero attached hydrogens (tertiary/aromatic N) is 2. The van der Waals surface area contributed by atoms with Crippen LogP contribution < -0.4 is 14.8 Å². The molecule has 9 heteroatoms. The summed E-state index contributed by atoms with van der Waals surface area (Å²) >= 11 is 0. The van der Waals surface area contributed by atoms with Gasteiger partial charge < -0.3 is 29.9 Å². The summed E-state index contributed by atoms with van der Waals surface area (Å²) in [5.41, 5.74) is 6.17. The Hall–Kier alpha value is -5.31. The van der Waals surface area contributed by atoms with Crippen molar-refractivity contribution in [3.05, 3.63) is 90.3 Å². The van der Waals surface area contributed by atoms with E-state index in [9.17, 15) is 9.90 Å². The third kappa shape index (κ3) is 4.69. The van der Waals surface area contributed by atoms with Crippen LogP contribution in [0.15, 0.2) is 79.1 Å². The van der Waals surface area contributed by atoms with Gasteiger partial charge in [0.25, 0.3) is 5.91 Å². The highest BCUT2D eigenvalue weighted by molar-refractivity contribution is 5.98. The van der Waals surface area contributed by atoms with E-state index in [4.69, 9.17) is 9.47 Å². The molecule has 3 aromatic carbocycles. The zero-order valence-electron chi connectivity index (χ0n) is 22.0. The summed E-state index contributed by atoms with van der Waals surface area (Å²) in [5, 5.41) is 14.7. The first-order valence-electron chi connectivity index (χ1n) is 12.8. The molecule has 0 atom stereocenters. The number of nitrogens with one attached hydrogen (secondary N) is 3. The van der Waals surface area contributed by atoms with Gasteiger partial charge in [-0.15, -0.1) is 0 Å². The van der Waals surface area contributed by atoms with Crippen LogP contribution in [0.3, 0.4) is 0 Å². The second-order valence-corrected chi connectivity index (χ2v) is 9.34. The molecule has 0 unspecified atom stereocenters. The van der Waals surface area contributed by atoms with E-state index in [0.717, 1.165) is 33.3 Å². The van der Waals surface area contributed by atoms with Crippen LogP contribution in [-0.4, -0.2) is 51.7 Å². The van der Waals surface area contributed by atoms with Crippen LogP contribution in [0, 0.1) is 0 Å². The molecular weight excluding hydrogens is 506 g/mol. The number of hydrogen-bond donors (Lipinski definition) is 4. The van der Waals surface area contributed by atoms with E-state index in [1.807, 2.05) is 42.6 Å². The summed E-state index contributed by atoms with van der Waals surface area (Å²) in [6, 6.07) is 20.2. The van der Waals surface area contributed by atoms with Crippen LogP contribution in [-0.2, 0) is 6.42 Å². The molecule has 0 aliphatic carbocycles. The van der Waals surface area contributed by atoms with Gasteiger partial charge in [0.1, 0.15) is 17.3 Å². The number of imidazole rings is 1. The second kappa shape index (κ2) is 10.5. The summed E-state index contributed by atoms with van der Waals surface area (Å²) < 4.78 is 10.7. The Morgan fingerprint density at radius 3 is 2.73 bits per heavy atom. The van der Waals surface area contributed by atoms with E-state index in [1.54, 1.807) is 50.7 Å². The number of phenolic OH excluding ortho intramolecular Hbond substituents is 1. The maximum absolute atomic E-state index is 12.9. The van der Waals surface area contributed by atoms with Gasteiger partial charge in [-0.25, -0.2) is 9.97 Å². The molecule has 1 amide bonds. The van der Waals surface area contributed by atoms with E-state index < -0.39 is 0 Å². The quantitative estimate of drug-likeness (QED) is 0.206. The molecule has 3 heterocycles. The van der Waals surface area contributed by atoms with Gasteiger partial charge in [-0.2, -0.15) is 0 Å². The number of hydrogen-bond acceptors (Lipinski definition) is 6. The molecule has 40 heavy (non-hydrogen) atoms. The van der Waals surface area contributed by atoms with Gasteiger partial charge in [0, 0.05) is 41.0 Å². The van der Waals surface area contributed by atoms with Crippen molar-refractivity contribution in [3.63, 3.8) is 0 Å². The number of phenols is 1. The molecule has 9 nitrogen and oxygen atoms in total. The van der Waals surface area contributed by atoms with E-state index >= 15 is 0 Å². The van der Waals surface area contributed by atoms with Crippen molar-refractivity contribution in [2.75, 3.05) is 20.8 Å². The normalized spacial score (nSPS) is 11.2. The second-order valence-electron chi connectivity index (χ2n) is 9.34. The predicted octanol–water partition coefficient (Wildman–Crippen LogP) is 5.47. The SMILES string of the molecule is COc1ccc2[nH]cc(CCNC(=O)c3ccc4nc(-c5cc(-c6cccnc6OC)ccc5O)[nH]c4c3)c2c1. The standard InChI is InChI=1S/C31H27N5O4/c1-39-21-7-9-25-23(16-21)20(17-34-25)11-13-32-30(38)19-5-8-26-27(15-19)36-29(35-26)24-14-18(6-10-28(24)37)22-4-3-12-33-31(22)40-2/h3-10,12,14-17,34,37H,11,13H2,1-2H3,(H,32,38)(H,35,36). The average molecular weight is 534 g/mol. The average Bonchev–Trinajstić information content (AvgIpc) is 3.60. The minimum absolute atomic E-state index is 0.0820. The molecule has 3 aromatic heterocycles. The fraction of sp³-hybridized carbons (Fsp3) is 0.129. The van der Waals surface area contributed by atoms with Crippen LogP contribution in [0.4, 0.5) is 0 Å². The summed E-state index contributed by atoms with van der Waals surface area (Å²) in [5.74, 6) is 1.68. The van der Waals surface area contributed by atoms with Crippen LogP contribution in [0.25, 0.3) is 44.5 Å². The van der Waals surface area contributed by atoms with Gasteiger partial charge in [-0.05, 0) is 78.2 Å². The molecule has 0 spiro atoms. The predicted molar refractivity (Wildman–Crippen MR) is 154 cm³/mol. The Labute approximate surface area is 229 Å². The van der Waals surface area contributed by atoms with Crippen molar-refractivity contribution >= 4 is 27.8 Å². The number of pyridine rings is 1. The number of methoxy groups -OCH3 is 2. The molecule has 0 bridgehead atoms. The number of aromatic hydroxyl groups is 1. The zero-order valence-corrected chi connectivity index (χ0v) is 22.0. The lowest BCUT2D eigenvalue weighted by atomic mass is 10.0. The molecule has 4 N–H and O–H groups in total. The van der Waals surface area contributed by atoms with Crippen molar-refractivity contribution in [2.24, 2.45) is 0 Å². The number of aromatic amines is 2. The van der Waals surface area contributed by atoms with Crippen LogP contribution >= 0.6 is 0 Å². The first-order chi connectivity index (χ1) is 19.5. The van der Waals surface area contributed by atoms with E-state index in [2.05, 4.69) is 25.3 Å². The monoisotopic (exact) mass is 533 g/mol. The number of amides is 1. The Balaban J connectivity index is 1.20. The van der Waals surface area contributed by atoms with Crippen molar-refractivity contribution in [2.45, 2.75) is 6.42 Å². The van der Waals surface area contributed by atoms with Crippen molar-refractivity contribution < 1.29 is 19.4 Å². The maximum atomic E-state index is 12.9. The molecule has 0 fully saturated rings. The number of benzene rings is 3. The lowest BCUT2D eigenvalue weighted by molar-refractivity contribution is 0.0954. The molecule has 200 valence electrons. The zero-order chi connectivity index (χ0) is 27.6. The van der Waals surface area contributed by atoms with Crippen molar-refractivity contribution in [1.82, 2.24) is 25.3 Å². The van der Waals surface area contributed by atoms with E-state index in [1.165, 1.54) is 0 Å². The third-order valence-corrected chi connectivity index (χ3v) is 6.93. The molecule has 0 aliphatic rings. The highest BCUT2D eigenvalue weighted by Crippen LogP contribution is 2.35. The first-order valence-corrected chi connectivity index (χ1v) is 12.8. The van der Waals surface area contributed by atoms with Gasteiger partial charge in [-0.3, -0.25) is 4.79 Å². The lowest BCUT2D eigenvalue weighted by Crippen LogP contribution is -2.25. The third-order valence-electron chi connectivity index (χ3n) is 6.93. The van der Waals surface area contributed by atoms with Crippen LogP contribution in [0.5, 0.6) is 17.4 Å². The molecule has 0 saturated heterocycles. The Morgan fingerprint density at radius 2 is 1.88 bits per heavy atom. The number of aromatic nitrogens is 4. The largest absolute Gasteiger partial charge is 0.507 e. The number of fused-ring (bicyclic) bond motifs is 2. The molecule has 0 saturated carbocycles. The van der Waals surface area contributed by atoms with Gasteiger partial charge in [0.15, 0.2) is 0 Å². The first kappa shape index (κ1) is 25.0. The summed E-state index contributed by atoms with van der Waals surface area (Å²) in [7, 11) is 3.21.